The standard InChI is InChI=1S/C23H24N3O16P3/c24-17-10-11-26(23(30)25-17)21-19(28)20(16(39-21)12-38-44(34,35)42-45(36,37)41-43(31,32)33)40-22(29)15-8-6-14(7-9-15)18(27)13-4-2-1-3-5-13/h1-11,16,19-21,28H,12H2,(H,34,35)(H,36,37)(H2,24,25,30)(H2,31,32,33)/t16-,19-,20-,21+/m1/s1. The molecular weight excluding hydrogens is 667 g/mol. The molecule has 2 unspecified atom stereocenters. The summed E-state index contributed by atoms with van der Waals surface area (Å²) in [5.74, 6) is -1.58. The molecule has 22 heteroatoms. The van der Waals surface area contributed by atoms with Gasteiger partial charge in [0, 0.05) is 17.3 Å². The summed E-state index contributed by atoms with van der Waals surface area (Å²) in [6.45, 7) is -1.13. The van der Waals surface area contributed by atoms with Gasteiger partial charge in [0.1, 0.15) is 18.0 Å². The van der Waals surface area contributed by atoms with Crippen LogP contribution in [0.4, 0.5) is 5.82 Å². The number of nitrogen functional groups attached to an aromatic ring is 1. The number of nitrogens with two attached hydrogens (primary N) is 1. The van der Waals surface area contributed by atoms with Crippen molar-refractivity contribution in [1.82, 2.24) is 9.55 Å². The van der Waals surface area contributed by atoms with Crippen molar-refractivity contribution < 1.29 is 70.6 Å². The highest BCUT2D eigenvalue weighted by molar-refractivity contribution is 7.66. The molecule has 0 saturated carbocycles. The van der Waals surface area contributed by atoms with Gasteiger partial charge in [0.15, 0.2) is 18.1 Å². The number of aromatic nitrogens is 2. The Labute approximate surface area is 252 Å². The number of hydrogen-bond donors (Lipinski definition) is 6. The first-order chi connectivity index (χ1) is 20.9. The average molecular weight is 691 g/mol. The van der Waals surface area contributed by atoms with Gasteiger partial charge in [0.25, 0.3) is 0 Å². The summed E-state index contributed by atoms with van der Waals surface area (Å²) in [5, 5.41) is 11.0. The monoisotopic (exact) mass is 691 g/mol. The highest BCUT2D eigenvalue weighted by Crippen LogP contribution is 2.66. The molecule has 3 aromatic rings. The molecular formula is C23H24N3O16P3. The molecule has 2 aromatic carbocycles. The molecule has 0 radical (unpaired) electrons. The van der Waals surface area contributed by atoms with Crippen LogP contribution in [0.2, 0.25) is 0 Å². The number of aliphatic hydroxyl groups excluding tert-OH is 1. The molecule has 1 aliphatic rings. The molecule has 1 saturated heterocycles. The maximum atomic E-state index is 13.0. The maximum Gasteiger partial charge on any atom is 0.490 e. The number of nitrogens with zero attached hydrogens (tertiary/aromatic N) is 2. The van der Waals surface area contributed by atoms with Gasteiger partial charge in [-0.25, -0.2) is 23.3 Å². The first-order valence-electron chi connectivity index (χ1n) is 12.3. The Kier molecular flexibility index (Phi) is 10.4. The van der Waals surface area contributed by atoms with Gasteiger partial charge >= 0.3 is 35.1 Å². The molecule has 7 N–H and O–H groups in total. The number of anilines is 1. The summed E-state index contributed by atoms with van der Waals surface area (Å²) in [4.78, 5) is 78.1. The fourth-order valence-electron chi connectivity index (χ4n) is 4.03. The Balaban J connectivity index is 1.54. The van der Waals surface area contributed by atoms with E-state index in [0.717, 1.165) is 10.8 Å². The number of esters is 1. The molecule has 0 spiro atoms. The minimum absolute atomic E-state index is 0.104. The smallest absolute Gasteiger partial charge is 0.453 e. The van der Waals surface area contributed by atoms with Crippen LogP contribution in [0, 0.1) is 0 Å². The van der Waals surface area contributed by atoms with E-state index in [-0.39, 0.29) is 22.7 Å². The summed E-state index contributed by atoms with van der Waals surface area (Å²) in [6.07, 6.45) is -5.83. The van der Waals surface area contributed by atoms with Crippen LogP contribution in [0.25, 0.3) is 0 Å². The third-order valence-corrected chi connectivity index (χ3v) is 9.72. The molecule has 45 heavy (non-hydrogen) atoms. The van der Waals surface area contributed by atoms with Gasteiger partial charge in [0.2, 0.25) is 0 Å². The van der Waals surface area contributed by atoms with E-state index >= 15 is 0 Å². The highest BCUT2D eigenvalue weighted by atomic mass is 31.3. The number of rotatable bonds is 12. The van der Waals surface area contributed by atoms with Crippen LogP contribution in [0.3, 0.4) is 0 Å². The number of ether oxygens (including phenoxy) is 2. The van der Waals surface area contributed by atoms with Crippen molar-refractivity contribution in [1.29, 1.82) is 0 Å². The molecule has 19 nitrogen and oxygen atoms in total. The average Bonchev–Trinajstić information content (AvgIpc) is 3.24. The lowest BCUT2D eigenvalue weighted by atomic mass is 10.0. The number of hydrogen-bond acceptors (Lipinski definition) is 14. The highest BCUT2D eigenvalue weighted by Gasteiger charge is 2.49. The van der Waals surface area contributed by atoms with Crippen molar-refractivity contribution in [3.63, 3.8) is 0 Å². The number of phosphoric ester groups is 1. The van der Waals surface area contributed by atoms with Crippen LogP contribution in [0.1, 0.15) is 32.5 Å². The number of benzene rings is 2. The summed E-state index contributed by atoms with van der Waals surface area (Å²) in [7, 11) is -17.2. The zero-order valence-corrected chi connectivity index (χ0v) is 25.1. The lowest BCUT2D eigenvalue weighted by Crippen LogP contribution is -2.39. The predicted molar refractivity (Wildman–Crippen MR) is 148 cm³/mol. The third-order valence-electron chi connectivity index (χ3n) is 5.91. The van der Waals surface area contributed by atoms with E-state index < -0.39 is 66.3 Å². The summed E-state index contributed by atoms with van der Waals surface area (Å²) >= 11 is 0. The van der Waals surface area contributed by atoms with Crippen molar-refractivity contribution in [3.05, 3.63) is 94.0 Å². The molecule has 2 heterocycles. The van der Waals surface area contributed by atoms with Gasteiger partial charge < -0.3 is 39.9 Å². The summed E-state index contributed by atoms with van der Waals surface area (Å²) in [5.41, 5.74) is 5.01. The van der Waals surface area contributed by atoms with Crippen LogP contribution < -0.4 is 11.4 Å². The van der Waals surface area contributed by atoms with Crippen molar-refractivity contribution in [3.8, 4) is 0 Å². The van der Waals surface area contributed by atoms with Gasteiger partial charge in [-0.05, 0) is 18.2 Å². The van der Waals surface area contributed by atoms with E-state index in [0.29, 0.717) is 5.56 Å². The SMILES string of the molecule is Nc1ccn([C@H]2O[C@H](COP(=O)(O)OP(=O)(O)OP(=O)(O)O)[C@@H](OC(=O)c3ccc(C(=O)c4ccccc4)cc3)[C@H]2O)c(=O)n1. The predicted octanol–water partition coefficient (Wildman–Crippen LogP) is 0.884. The van der Waals surface area contributed by atoms with Gasteiger partial charge in [-0.1, -0.05) is 42.5 Å². The minimum atomic E-state index is -5.86. The van der Waals surface area contributed by atoms with Crippen molar-refractivity contribution in [2.75, 3.05) is 12.3 Å². The van der Waals surface area contributed by atoms with Crippen molar-refractivity contribution in [2.24, 2.45) is 0 Å². The zero-order chi connectivity index (χ0) is 33.2. The molecule has 1 fully saturated rings. The largest absolute Gasteiger partial charge is 0.490 e. The van der Waals surface area contributed by atoms with Gasteiger partial charge in [-0.15, -0.1) is 0 Å². The lowest BCUT2D eigenvalue weighted by molar-refractivity contribution is -0.0553. The number of phosphoric acid groups is 3. The number of carbonyl (C=O) groups excluding carboxylic acids is 2. The fourth-order valence-corrected chi connectivity index (χ4v) is 7.05. The van der Waals surface area contributed by atoms with Crippen LogP contribution in [0.15, 0.2) is 71.7 Å². The zero-order valence-electron chi connectivity index (χ0n) is 22.4. The first-order valence-corrected chi connectivity index (χ1v) is 16.8. The topological polar surface area (TPSA) is 294 Å². The first kappa shape index (κ1) is 34.5. The third kappa shape index (κ3) is 9.08. The van der Waals surface area contributed by atoms with Crippen LogP contribution in [-0.2, 0) is 36.3 Å². The molecule has 1 aromatic heterocycles. The Morgan fingerprint density at radius 1 is 0.889 bits per heavy atom. The molecule has 0 amide bonds. The Bertz CT molecular complexity index is 1760. The van der Waals surface area contributed by atoms with Crippen molar-refractivity contribution in [2.45, 2.75) is 24.5 Å². The fraction of sp³-hybridized carbons (Fsp3) is 0.217. The Hall–Kier alpha value is -3.41. The van der Waals surface area contributed by atoms with E-state index in [1.54, 1.807) is 30.3 Å². The second-order valence-electron chi connectivity index (χ2n) is 9.13. The second-order valence-corrected chi connectivity index (χ2v) is 13.5. The number of ketones is 1. The van der Waals surface area contributed by atoms with E-state index in [1.165, 1.54) is 30.3 Å². The molecule has 6 atom stereocenters. The van der Waals surface area contributed by atoms with E-state index in [9.17, 15) is 43.0 Å². The number of carbonyl (C=O) groups is 2. The number of aliphatic hydroxyl groups is 1. The summed E-state index contributed by atoms with van der Waals surface area (Å²) in [6, 6.07) is 14.7. The lowest BCUT2D eigenvalue weighted by Gasteiger charge is -2.22. The van der Waals surface area contributed by atoms with Gasteiger partial charge in [-0.3, -0.25) is 13.9 Å². The minimum Gasteiger partial charge on any atom is -0.453 e. The van der Waals surface area contributed by atoms with Crippen LogP contribution in [-0.4, -0.2) is 70.9 Å². The van der Waals surface area contributed by atoms with E-state index in [1.807, 2.05) is 0 Å². The Morgan fingerprint density at radius 3 is 2.09 bits per heavy atom. The maximum absolute atomic E-state index is 13.0. The van der Waals surface area contributed by atoms with Gasteiger partial charge in [0.05, 0.1) is 12.2 Å². The molecule has 4 rings (SSSR count). The van der Waals surface area contributed by atoms with Crippen LogP contribution >= 0.6 is 23.5 Å². The normalized spacial score (nSPS) is 22.7. The van der Waals surface area contributed by atoms with Crippen molar-refractivity contribution >= 4 is 41.0 Å². The molecule has 0 aliphatic carbocycles. The summed E-state index contributed by atoms with van der Waals surface area (Å²) < 4.78 is 58.3. The quantitative estimate of drug-likeness (QED) is 0.0872. The molecule has 0 bridgehead atoms. The molecule has 242 valence electrons. The van der Waals surface area contributed by atoms with E-state index in [4.69, 9.17) is 25.0 Å². The Morgan fingerprint density at radius 2 is 1.49 bits per heavy atom. The van der Waals surface area contributed by atoms with Crippen LogP contribution in [0.5, 0.6) is 0 Å². The molecule has 1 aliphatic heterocycles. The van der Waals surface area contributed by atoms with Gasteiger partial charge in [-0.2, -0.15) is 13.6 Å². The van der Waals surface area contributed by atoms with E-state index in [2.05, 4.69) is 18.1 Å². The second kappa shape index (κ2) is 13.5.